The van der Waals surface area contributed by atoms with Crippen molar-refractivity contribution in [1.29, 1.82) is 0 Å². The number of hydrogen-bond donors (Lipinski definition) is 1. The molecule has 2 amide bonds. The van der Waals surface area contributed by atoms with Crippen LogP contribution in [0, 0.1) is 0 Å². The number of rotatable bonds is 4. The van der Waals surface area contributed by atoms with E-state index >= 15 is 0 Å². The molecule has 2 aromatic heterocycles. The zero-order valence-electron chi connectivity index (χ0n) is 13.0. The minimum Gasteiger partial charge on any atom is -0.354 e. The van der Waals surface area contributed by atoms with E-state index in [0.717, 1.165) is 19.4 Å². The molecule has 7 heteroatoms. The van der Waals surface area contributed by atoms with Crippen molar-refractivity contribution in [2.45, 2.75) is 25.4 Å². The summed E-state index contributed by atoms with van der Waals surface area (Å²) in [6.07, 6.45) is 7.07. The van der Waals surface area contributed by atoms with Gasteiger partial charge in [-0.2, -0.15) is 5.10 Å². The van der Waals surface area contributed by atoms with E-state index in [2.05, 4.69) is 15.4 Å². The van der Waals surface area contributed by atoms with Crippen LogP contribution in [-0.4, -0.2) is 51.1 Å². The molecule has 0 saturated carbocycles. The van der Waals surface area contributed by atoms with Crippen molar-refractivity contribution >= 4 is 11.8 Å². The highest BCUT2D eigenvalue weighted by Crippen LogP contribution is 2.21. The molecule has 1 aliphatic heterocycles. The summed E-state index contributed by atoms with van der Waals surface area (Å²) in [5.74, 6) is -0.308. The lowest BCUT2D eigenvalue weighted by molar-refractivity contribution is 0.0720. The second kappa shape index (κ2) is 6.60. The normalized spacial score (nSPS) is 17.3. The number of hydrogen-bond acceptors (Lipinski definition) is 4. The van der Waals surface area contributed by atoms with E-state index in [4.69, 9.17) is 0 Å². The van der Waals surface area contributed by atoms with Gasteiger partial charge in [0.25, 0.3) is 11.8 Å². The monoisotopic (exact) mass is 313 g/mol. The summed E-state index contributed by atoms with van der Waals surface area (Å²) in [4.78, 5) is 30.1. The number of carbonyl (C=O) groups excluding carboxylic acids is 2. The van der Waals surface area contributed by atoms with Gasteiger partial charge in [0.1, 0.15) is 5.69 Å². The van der Waals surface area contributed by atoms with Gasteiger partial charge in [0.2, 0.25) is 0 Å². The van der Waals surface area contributed by atoms with Crippen molar-refractivity contribution in [1.82, 2.24) is 25.0 Å². The first-order valence-corrected chi connectivity index (χ1v) is 7.65. The number of likely N-dealkylation sites (tertiary alicyclic amines) is 1. The molecule has 1 saturated heterocycles. The van der Waals surface area contributed by atoms with Gasteiger partial charge < -0.3 is 10.2 Å². The number of nitrogens with one attached hydrogen (secondary N) is 1. The molecule has 3 heterocycles. The van der Waals surface area contributed by atoms with Gasteiger partial charge in [-0.15, -0.1) is 0 Å². The smallest absolute Gasteiger partial charge is 0.269 e. The van der Waals surface area contributed by atoms with Crippen LogP contribution in [0.15, 0.2) is 36.8 Å². The van der Waals surface area contributed by atoms with Crippen LogP contribution in [0.5, 0.6) is 0 Å². The molecule has 0 spiro atoms. The Labute approximate surface area is 134 Å². The lowest BCUT2D eigenvalue weighted by Crippen LogP contribution is -2.38. The van der Waals surface area contributed by atoms with Gasteiger partial charge in [-0.3, -0.25) is 19.3 Å². The third kappa shape index (κ3) is 3.23. The Morgan fingerprint density at radius 3 is 2.91 bits per heavy atom. The molecule has 1 fully saturated rings. The van der Waals surface area contributed by atoms with Crippen molar-refractivity contribution in [2.24, 2.45) is 0 Å². The first-order valence-electron chi connectivity index (χ1n) is 7.65. The summed E-state index contributed by atoms with van der Waals surface area (Å²) in [7, 11) is 1.55. The van der Waals surface area contributed by atoms with Crippen LogP contribution < -0.4 is 5.32 Å². The summed E-state index contributed by atoms with van der Waals surface area (Å²) in [5.41, 5.74) is 0.809. The van der Waals surface area contributed by atoms with Crippen molar-refractivity contribution in [3.63, 3.8) is 0 Å². The average molecular weight is 313 g/mol. The number of pyridine rings is 1. The van der Waals surface area contributed by atoms with Crippen LogP contribution in [-0.2, 0) is 6.54 Å². The molecule has 0 aliphatic carbocycles. The summed E-state index contributed by atoms with van der Waals surface area (Å²) >= 11 is 0. The highest BCUT2D eigenvalue weighted by Gasteiger charge is 2.30. The quantitative estimate of drug-likeness (QED) is 0.911. The van der Waals surface area contributed by atoms with E-state index in [1.54, 1.807) is 25.4 Å². The lowest BCUT2D eigenvalue weighted by atomic mass is 10.2. The summed E-state index contributed by atoms with van der Waals surface area (Å²) in [6, 6.07) is 5.25. The number of aromatic nitrogens is 3. The average Bonchev–Trinajstić information content (AvgIpc) is 3.26. The molecule has 3 rings (SSSR count). The summed E-state index contributed by atoms with van der Waals surface area (Å²) < 4.78 is 1.85. The maximum atomic E-state index is 12.7. The molecule has 1 aliphatic rings. The Hall–Kier alpha value is -2.70. The van der Waals surface area contributed by atoms with Gasteiger partial charge in [-0.1, -0.05) is 0 Å². The van der Waals surface area contributed by atoms with Gasteiger partial charge >= 0.3 is 0 Å². The molecule has 0 bridgehead atoms. The Morgan fingerprint density at radius 1 is 1.39 bits per heavy atom. The van der Waals surface area contributed by atoms with Crippen molar-refractivity contribution in [2.75, 3.05) is 13.6 Å². The summed E-state index contributed by atoms with van der Waals surface area (Å²) in [5, 5.41) is 6.72. The molecule has 120 valence electrons. The van der Waals surface area contributed by atoms with Crippen LogP contribution in [0.3, 0.4) is 0 Å². The Kier molecular flexibility index (Phi) is 4.36. The van der Waals surface area contributed by atoms with Crippen molar-refractivity contribution < 1.29 is 9.59 Å². The minimum atomic E-state index is -0.262. The fourth-order valence-electron chi connectivity index (χ4n) is 2.87. The van der Waals surface area contributed by atoms with E-state index in [9.17, 15) is 9.59 Å². The van der Waals surface area contributed by atoms with Gasteiger partial charge in [-0.25, -0.2) is 0 Å². The molecule has 1 atom stereocenters. The van der Waals surface area contributed by atoms with Gasteiger partial charge in [-0.05, 0) is 31.0 Å². The van der Waals surface area contributed by atoms with E-state index < -0.39 is 0 Å². The first kappa shape index (κ1) is 15.2. The van der Waals surface area contributed by atoms with Gasteiger partial charge in [0, 0.05) is 32.2 Å². The van der Waals surface area contributed by atoms with E-state index in [1.165, 1.54) is 6.20 Å². The molecular weight excluding hydrogens is 294 g/mol. The van der Waals surface area contributed by atoms with Crippen LogP contribution in [0.4, 0.5) is 0 Å². The Balaban J connectivity index is 1.72. The maximum Gasteiger partial charge on any atom is 0.269 e. The predicted molar refractivity (Wildman–Crippen MR) is 83.9 cm³/mol. The Bertz CT molecular complexity index is 681. The predicted octanol–water partition coefficient (Wildman–Crippen LogP) is 0.942. The molecule has 23 heavy (non-hydrogen) atoms. The second-order valence-corrected chi connectivity index (χ2v) is 5.53. The first-order chi connectivity index (χ1) is 11.2. The van der Waals surface area contributed by atoms with Gasteiger partial charge in [0.15, 0.2) is 0 Å². The Morgan fingerprint density at radius 2 is 2.26 bits per heavy atom. The second-order valence-electron chi connectivity index (χ2n) is 5.53. The molecule has 1 N–H and O–H groups in total. The molecule has 2 aromatic rings. The van der Waals surface area contributed by atoms with Crippen LogP contribution >= 0.6 is 0 Å². The number of nitrogens with zero attached hydrogens (tertiary/aromatic N) is 4. The number of carbonyl (C=O) groups is 2. The molecule has 7 nitrogen and oxygen atoms in total. The lowest BCUT2D eigenvalue weighted by Gasteiger charge is -2.24. The van der Waals surface area contributed by atoms with E-state index in [0.29, 0.717) is 17.8 Å². The van der Waals surface area contributed by atoms with Crippen molar-refractivity contribution in [3.05, 3.63) is 48.0 Å². The molecule has 0 aromatic carbocycles. The van der Waals surface area contributed by atoms with E-state index in [1.807, 2.05) is 21.8 Å². The maximum absolute atomic E-state index is 12.7. The minimum absolute atomic E-state index is 0.0457. The van der Waals surface area contributed by atoms with Crippen LogP contribution in [0.25, 0.3) is 0 Å². The molecule has 0 radical (unpaired) electrons. The third-order valence-corrected chi connectivity index (χ3v) is 4.07. The fraction of sp³-hybridized carbons (Fsp3) is 0.375. The van der Waals surface area contributed by atoms with E-state index in [-0.39, 0.29) is 17.9 Å². The fourth-order valence-corrected chi connectivity index (χ4v) is 2.87. The summed E-state index contributed by atoms with van der Waals surface area (Å²) in [6.45, 7) is 1.43. The zero-order chi connectivity index (χ0) is 16.2. The topological polar surface area (TPSA) is 80.1 Å². The SMILES string of the molecule is CNC(=O)c1ccc(C(=O)N2CCCC2Cn2cccn2)cn1. The standard InChI is InChI=1S/C16H19N5O2/c1-17-15(22)14-6-5-12(10-18-14)16(23)21-9-2-4-13(21)11-20-8-3-7-19-20/h3,5-8,10,13H,2,4,9,11H2,1H3,(H,17,22). The molecule has 1 unspecified atom stereocenters. The van der Waals surface area contributed by atoms with Crippen molar-refractivity contribution in [3.8, 4) is 0 Å². The van der Waals surface area contributed by atoms with Gasteiger partial charge in [0.05, 0.1) is 18.2 Å². The number of amides is 2. The highest BCUT2D eigenvalue weighted by atomic mass is 16.2. The zero-order valence-corrected chi connectivity index (χ0v) is 13.0. The third-order valence-electron chi connectivity index (χ3n) is 4.07. The van der Waals surface area contributed by atoms with Crippen LogP contribution in [0.1, 0.15) is 33.7 Å². The molecular formula is C16H19N5O2. The largest absolute Gasteiger partial charge is 0.354 e. The highest BCUT2D eigenvalue weighted by molar-refractivity contribution is 5.96. The van der Waals surface area contributed by atoms with Crippen LogP contribution in [0.2, 0.25) is 0 Å².